The van der Waals surface area contributed by atoms with Crippen molar-refractivity contribution in [3.05, 3.63) is 87.9 Å². The Bertz CT molecular complexity index is 1150. The monoisotopic (exact) mass is 434 g/mol. The molecular weight excluding hydrogens is 419 g/mol. The molecule has 0 bridgehead atoms. The Hall–Kier alpha value is -2.54. The highest BCUT2D eigenvalue weighted by Gasteiger charge is 2.20. The minimum Gasteiger partial charge on any atom is -0.322 e. The molecule has 0 spiro atoms. The van der Waals surface area contributed by atoms with Gasteiger partial charge < -0.3 is 5.32 Å². The standard InChI is InChI=1S/C20H16Cl2N2O3S/c1-13-4-2-7-17(10-13)24-28(26,27)19-11-14(8-9-18(19)22)20(25)23-16-6-3-5-15(21)12-16/h2-12,24H,1H3,(H,23,25). The molecule has 144 valence electrons. The molecule has 28 heavy (non-hydrogen) atoms. The summed E-state index contributed by atoms with van der Waals surface area (Å²) < 4.78 is 28.0. The second-order valence-corrected chi connectivity index (χ2v) is 8.58. The van der Waals surface area contributed by atoms with Gasteiger partial charge in [-0.2, -0.15) is 0 Å². The summed E-state index contributed by atoms with van der Waals surface area (Å²) in [6.45, 7) is 1.85. The smallest absolute Gasteiger partial charge is 0.263 e. The van der Waals surface area contributed by atoms with Gasteiger partial charge in [0.15, 0.2) is 0 Å². The van der Waals surface area contributed by atoms with Crippen LogP contribution in [0.3, 0.4) is 0 Å². The van der Waals surface area contributed by atoms with Crippen LogP contribution in [0, 0.1) is 6.92 Å². The topological polar surface area (TPSA) is 75.3 Å². The number of nitrogens with one attached hydrogen (secondary N) is 2. The van der Waals surface area contributed by atoms with E-state index < -0.39 is 15.9 Å². The molecule has 0 aromatic heterocycles. The Kier molecular flexibility index (Phi) is 5.93. The van der Waals surface area contributed by atoms with Crippen LogP contribution in [0.2, 0.25) is 10.0 Å². The fourth-order valence-electron chi connectivity index (χ4n) is 2.54. The lowest BCUT2D eigenvalue weighted by Gasteiger charge is -2.12. The average Bonchev–Trinajstić information content (AvgIpc) is 2.61. The van der Waals surface area contributed by atoms with Crippen LogP contribution in [0.1, 0.15) is 15.9 Å². The van der Waals surface area contributed by atoms with E-state index in [-0.39, 0.29) is 15.5 Å². The molecule has 3 aromatic rings. The van der Waals surface area contributed by atoms with Crippen molar-refractivity contribution in [2.24, 2.45) is 0 Å². The summed E-state index contributed by atoms with van der Waals surface area (Å²) in [4.78, 5) is 12.3. The molecule has 0 aliphatic rings. The van der Waals surface area contributed by atoms with Crippen LogP contribution in [-0.4, -0.2) is 14.3 Å². The van der Waals surface area contributed by atoms with E-state index in [9.17, 15) is 13.2 Å². The van der Waals surface area contributed by atoms with E-state index in [2.05, 4.69) is 10.0 Å². The lowest BCUT2D eigenvalue weighted by Crippen LogP contribution is -2.16. The summed E-state index contributed by atoms with van der Waals surface area (Å²) in [6.07, 6.45) is 0. The first kappa shape index (κ1) is 20.2. The molecule has 3 rings (SSSR count). The first-order chi connectivity index (χ1) is 13.2. The van der Waals surface area contributed by atoms with Gasteiger partial charge >= 0.3 is 0 Å². The van der Waals surface area contributed by atoms with Gasteiger partial charge in [-0.25, -0.2) is 8.42 Å². The number of carbonyl (C=O) groups is 1. The van der Waals surface area contributed by atoms with E-state index in [1.54, 1.807) is 42.5 Å². The number of halogens is 2. The quantitative estimate of drug-likeness (QED) is 0.567. The zero-order chi connectivity index (χ0) is 20.3. The Morgan fingerprint density at radius 3 is 2.32 bits per heavy atom. The van der Waals surface area contributed by atoms with Crippen molar-refractivity contribution in [1.29, 1.82) is 0 Å². The Morgan fingerprint density at radius 1 is 0.893 bits per heavy atom. The predicted octanol–water partition coefficient (Wildman–Crippen LogP) is 5.35. The summed E-state index contributed by atoms with van der Waals surface area (Å²) >= 11 is 12.0. The lowest BCUT2D eigenvalue weighted by molar-refractivity contribution is 0.102. The molecular formula is C20H16Cl2N2O3S. The summed E-state index contributed by atoms with van der Waals surface area (Å²) in [7, 11) is -3.98. The summed E-state index contributed by atoms with van der Waals surface area (Å²) in [5, 5.41) is 3.16. The fourth-order valence-corrected chi connectivity index (χ4v) is 4.31. The van der Waals surface area contributed by atoms with Crippen molar-refractivity contribution in [3.63, 3.8) is 0 Å². The number of amides is 1. The third kappa shape index (κ3) is 4.84. The minimum absolute atomic E-state index is 0.0134. The number of hydrogen-bond donors (Lipinski definition) is 2. The molecule has 0 saturated heterocycles. The van der Waals surface area contributed by atoms with Crippen molar-refractivity contribution >= 4 is 50.5 Å². The van der Waals surface area contributed by atoms with Crippen molar-refractivity contribution < 1.29 is 13.2 Å². The lowest BCUT2D eigenvalue weighted by atomic mass is 10.2. The van der Waals surface area contributed by atoms with Crippen LogP contribution in [0.15, 0.2) is 71.6 Å². The zero-order valence-corrected chi connectivity index (χ0v) is 17.1. The molecule has 2 N–H and O–H groups in total. The Balaban J connectivity index is 1.89. The Morgan fingerprint density at radius 2 is 1.61 bits per heavy atom. The number of aryl methyl sites for hydroxylation is 1. The first-order valence-electron chi connectivity index (χ1n) is 8.20. The third-order valence-electron chi connectivity index (χ3n) is 3.84. The van der Waals surface area contributed by atoms with Crippen molar-refractivity contribution in [1.82, 2.24) is 0 Å². The summed E-state index contributed by atoms with van der Waals surface area (Å²) in [5.41, 5.74) is 1.95. The molecule has 0 aliphatic carbocycles. The number of hydrogen-bond acceptors (Lipinski definition) is 3. The molecule has 0 fully saturated rings. The maximum absolute atomic E-state index is 12.8. The van der Waals surface area contributed by atoms with Crippen LogP contribution in [-0.2, 0) is 10.0 Å². The van der Waals surface area contributed by atoms with Crippen LogP contribution >= 0.6 is 23.2 Å². The highest BCUT2D eigenvalue weighted by atomic mass is 35.5. The predicted molar refractivity (Wildman–Crippen MR) is 113 cm³/mol. The molecule has 5 nitrogen and oxygen atoms in total. The van der Waals surface area contributed by atoms with Gasteiger partial charge in [-0.3, -0.25) is 9.52 Å². The molecule has 0 atom stereocenters. The van der Waals surface area contributed by atoms with Gasteiger partial charge in [0, 0.05) is 22.0 Å². The third-order valence-corrected chi connectivity index (χ3v) is 5.93. The molecule has 0 heterocycles. The van der Waals surface area contributed by atoms with Crippen LogP contribution in [0.5, 0.6) is 0 Å². The molecule has 0 radical (unpaired) electrons. The van der Waals surface area contributed by atoms with E-state index in [1.807, 2.05) is 13.0 Å². The van der Waals surface area contributed by atoms with Gasteiger partial charge in [0.2, 0.25) is 0 Å². The van der Waals surface area contributed by atoms with Crippen LogP contribution in [0.25, 0.3) is 0 Å². The highest BCUT2D eigenvalue weighted by molar-refractivity contribution is 7.92. The molecule has 0 aliphatic heterocycles. The number of carbonyl (C=O) groups excluding carboxylic acids is 1. The average molecular weight is 435 g/mol. The van der Waals surface area contributed by atoms with E-state index in [4.69, 9.17) is 23.2 Å². The zero-order valence-electron chi connectivity index (χ0n) is 14.7. The van der Waals surface area contributed by atoms with Gasteiger partial charge in [-0.1, -0.05) is 41.4 Å². The fraction of sp³-hybridized carbons (Fsp3) is 0.0500. The maximum Gasteiger partial charge on any atom is 0.263 e. The van der Waals surface area contributed by atoms with Crippen molar-refractivity contribution in [2.75, 3.05) is 10.0 Å². The van der Waals surface area contributed by atoms with Gasteiger partial charge in [-0.15, -0.1) is 0 Å². The molecule has 0 saturated carbocycles. The Labute approximate surface area is 173 Å². The summed E-state index contributed by atoms with van der Waals surface area (Å²) in [6, 6.07) is 17.6. The van der Waals surface area contributed by atoms with E-state index >= 15 is 0 Å². The SMILES string of the molecule is Cc1cccc(NS(=O)(=O)c2cc(C(=O)Nc3cccc(Cl)c3)ccc2Cl)c1. The van der Waals surface area contributed by atoms with Gasteiger partial charge in [0.1, 0.15) is 4.90 Å². The van der Waals surface area contributed by atoms with Gasteiger partial charge in [0.05, 0.1) is 5.02 Å². The molecule has 0 unspecified atom stereocenters. The molecule has 8 heteroatoms. The second kappa shape index (κ2) is 8.22. The first-order valence-corrected chi connectivity index (χ1v) is 10.4. The second-order valence-electron chi connectivity index (χ2n) is 6.08. The van der Waals surface area contributed by atoms with Crippen LogP contribution < -0.4 is 10.0 Å². The number of anilines is 2. The number of benzene rings is 3. The minimum atomic E-state index is -3.98. The largest absolute Gasteiger partial charge is 0.322 e. The number of rotatable bonds is 5. The van der Waals surface area contributed by atoms with Crippen molar-refractivity contribution in [3.8, 4) is 0 Å². The van der Waals surface area contributed by atoms with Gasteiger partial charge in [-0.05, 0) is 61.0 Å². The maximum atomic E-state index is 12.8. The highest BCUT2D eigenvalue weighted by Crippen LogP contribution is 2.26. The number of sulfonamides is 1. The molecule has 3 aromatic carbocycles. The van der Waals surface area contributed by atoms with E-state index in [0.717, 1.165) is 5.56 Å². The van der Waals surface area contributed by atoms with E-state index in [0.29, 0.717) is 16.4 Å². The van der Waals surface area contributed by atoms with Gasteiger partial charge in [0.25, 0.3) is 15.9 Å². The van der Waals surface area contributed by atoms with E-state index in [1.165, 1.54) is 18.2 Å². The van der Waals surface area contributed by atoms with Crippen molar-refractivity contribution in [2.45, 2.75) is 11.8 Å². The molecule has 1 amide bonds. The summed E-state index contributed by atoms with van der Waals surface area (Å²) in [5.74, 6) is -0.481. The normalized spacial score (nSPS) is 11.1. The van der Waals surface area contributed by atoms with Crippen LogP contribution in [0.4, 0.5) is 11.4 Å².